The van der Waals surface area contributed by atoms with Crippen LogP contribution in [0.1, 0.15) is 37.4 Å². The minimum Gasteiger partial charge on any atom is -0.454 e. The Bertz CT molecular complexity index is 1290. The highest BCUT2D eigenvalue weighted by Crippen LogP contribution is 2.24. The fourth-order valence-electron chi connectivity index (χ4n) is 3.13. The summed E-state index contributed by atoms with van der Waals surface area (Å²) in [7, 11) is -2.44. The van der Waals surface area contributed by atoms with Gasteiger partial charge in [0.05, 0.1) is 15.5 Å². The fraction of sp³-hybridized carbons (Fsp3) is 0.200. The highest BCUT2D eigenvalue weighted by Gasteiger charge is 2.24. The molecule has 0 aromatic heterocycles. The Morgan fingerprint density at radius 3 is 2.30 bits per heavy atom. The molecule has 0 saturated carbocycles. The van der Waals surface area contributed by atoms with Gasteiger partial charge in [-0.3, -0.25) is 4.79 Å². The van der Waals surface area contributed by atoms with E-state index in [4.69, 9.17) is 16.3 Å². The molecule has 3 aromatic rings. The Morgan fingerprint density at radius 1 is 0.939 bits per heavy atom. The molecule has 3 aromatic carbocycles. The Balaban J connectivity index is 1.75. The molecule has 6 nitrogen and oxygen atoms in total. The van der Waals surface area contributed by atoms with Crippen LogP contribution in [0.4, 0.5) is 0 Å². The predicted molar refractivity (Wildman–Crippen MR) is 127 cm³/mol. The number of halogens is 1. The average Bonchev–Trinajstić information content (AvgIpc) is 2.79. The van der Waals surface area contributed by atoms with Crippen molar-refractivity contribution in [3.05, 3.63) is 99.6 Å². The number of rotatable bonds is 8. The monoisotopic (exact) mass is 485 g/mol. The number of sulfonamides is 1. The van der Waals surface area contributed by atoms with E-state index in [-0.39, 0.29) is 27.8 Å². The molecule has 33 heavy (non-hydrogen) atoms. The molecule has 0 unspecified atom stereocenters. The van der Waals surface area contributed by atoms with Gasteiger partial charge in [0, 0.05) is 19.2 Å². The van der Waals surface area contributed by atoms with Gasteiger partial charge < -0.3 is 4.74 Å². The second kappa shape index (κ2) is 10.3. The van der Waals surface area contributed by atoms with Gasteiger partial charge in [0.15, 0.2) is 12.4 Å². The van der Waals surface area contributed by atoms with E-state index in [0.717, 1.165) is 16.7 Å². The van der Waals surface area contributed by atoms with Crippen molar-refractivity contribution in [2.45, 2.75) is 25.3 Å². The highest BCUT2D eigenvalue weighted by atomic mass is 35.5. The third-order valence-corrected chi connectivity index (χ3v) is 7.41. The normalized spacial score (nSPS) is 11.4. The van der Waals surface area contributed by atoms with Crippen LogP contribution in [0, 0.1) is 13.8 Å². The Hall–Kier alpha value is -3.00. The number of carbonyl (C=O) groups excluding carboxylic acids is 2. The van der Waals surface area contributed by atoms with Crippen molar-refractivity contribution in [2.24, 2.45) is 0 Å². The number of benzene rings is 3. The molecule has 0 saturated heterocycles. The number of hydrogen-bond acceptors (Lipinski definition) is 5. The van der Waals surface area contributed by atoms with Gasteiger partial charge in [0.25, 0.3) is 0 Å². The van der Waals surface area contributed by atoms with Crippen LogP contribution in [-0.2, 0) is 21.3 Å². The zero-order chi connectivity index (χ0) is 24.2. The van der Waals surface area contributed by atoms with Crippen LogP contribution in [0.5, 0.6) is 0 Å². The van der Waals surface area contributed by atoms with Crippen LogP contribution >= 0.6 is 11.6 Å². The summed E-state index contributed by atoms with van der Waals surface area (Å²) in [6.45, 7) is 3.50. The van der Waals surface area contributed by atoms with Crippen molar-refractivity contribution in [1.29, 1.82) is 0 Å². The molecule has 0 aliphatic heterocycles. The van der Waals surface area contributed by atoms with Gasteiger partial charge in [-0.1, -0.05) is 54.1 Å². The maximum Gasteiger partial charge on any atom is 0.340 e. The molecule has 0 fully saturated rings. The Kier molecular flexibility index (Phi) is 7.68. The van der Waals surface area contributed by atoms with Gasteiger partial charge in [-0.15, -0.1) is 0 Å². The summed E-state index contributed by atoms with van der Waals surface area (Å²) in [5, 5.41) is 0.0308. The first kappa shape index (κ1) is 24.6. The first-order valence-electron chi connectivity index (χ1n) is 10.2. The molecule has 3 rings (SSSR count). The summed E-state index contributed by atoms with van der Waals surface area (Å²) in [6.07, 6.45) is 0. The molecule has 172 valence electrons. The number of hydrogen-bond donors (Lipinski definition) is 0. The number of nitrogens with zero attached hydrogens (tertiary/aromatic N) is 1. The van der Waals surface area contributed by atoms with Crippen molar-refractivity contribution in [3.63, 3.8) is 0 Å². The molecule has 0 atom stereocenters. The van der Waals surface area contributed by atoms with Crippen LogP contribution < -0.4 is 0 Å². The molecule has 8 heteroatoms. The maximum atomic E-state index is 13.0. The quantitative estimate of drug-likeness (QED) is 0.337. The first-order valence-corrected chi connectivity index (χ1v) is 12.0. The summed E-state index contributed by atoms with van der Waals surface area (Å²) in [6, 6.07) is 18.2. The number of aryl methyl sites for hydroxylation is 2. The number of ketones is 1. The molecule has 0 N–H and O–H groups in total. The predicted octanol–water partition coefficient (Wildman–Crippen LogP) is 4.82. The molecule has 0 radical (unpaired) electrons. The van der Waals surface area contributed by atoms with E-state index >= 15 is 0 Å². The molecule has 0 amide bonds. The van der Waals surface area contributed by atoms with Gasteiger partial charge in [0.1, 0.15) is 0 Å². The summed E-state index contributed by atoms with van der Waals surface area (Å²) in [5.74, 6) is -1.24. The zero-order valence-electron chi connectivity index (χ0n) is 18.5. The molecule has 0 aliphatic rings. The van der Waals surface area contributed by atoms with Crippen molar-refractivity contribution >= 4 is 33.4 Å². The second-order valence-electron chi connectivity index (χ2n) is 7.69. The first-order chi connectivity index (χ1) is 15.6. The van der Waals surface area contributed by atoms with Gasteiger partial charge in [-0.05, 0) is 54.8 Å². The Labute approximate surface area is 198 Å². The van der Waals surface area contributed by atoms with Crippen molar-refractivity contribution < 1.29 is 22.7 Å². The van der Waals surface area contributed by atoms with Crippen LogP contribution in [0.15, 0.2) is 71.6 Å². The molecule has 0 spiro atoms. The maximum absolute atomic E-state index is 13.0. The molecule has 0 aliphatic carbocycles. The number of esters is 1. The second-order valence-corrected chi connectivity index (χ2v) is 10.1. The summed E-state index contributed by atoms with van der Waals surface area (Å²) >= 11 is 6.13. The average molecular weight is 486 g/mol. The number of carbonyl (C=O) groups is 2. The summed E-state index contributed by atoms with van der Waals surface area (Å²) in [4.78, 5) is 24.9. The van der Waals surface area contributed by atoms with Crippen molar-refractivity contribution in [1.82, 2.24) is 4.31 Å². The molecule has 0 bridgehead atoms. The minimum absolute atomic E-state index is 0.0308. The lowest BCUT2D eigenvalue weighted by atomic mass is 10.0. The van der Waals surface area contributed by atoms with Crippen LogP contribution in [0.25, 0.3) is 0 Å². The van der Waals surface area contributed by atoms with E-state index in [0.29, 0.717) is 5.56 Å². The molecule has 0 heterocycles. The van der Waals surface area contributed by atoms with Gasteiger partial charge in [-0.2, -0.15) is 4.31 Å². The summed E-state index contributed by atoms with van der Waals surface area (Å²) < 4.78 is 32.3. The fourth-order valence-corrected chi connectivity index (χ4v) is 4.51. The standard InChI is InChI=1S/C25H24ClNO5S/c1-17-9-10-20(13-18(17)2)24(28)16-32-25(29)22-14-21(11-12-23(22)26)33(30,31)27(3)15-19-7-5-4-6-8-19/h4-14H,15-16H2,1-3H3. The van der Waals surface area contributed by atoms with E-state index in [1.807, 2.05) is 50.2 Å². The molecular formula is C25H24ClNO5S. The lowest BCUT2D eigenvalue weighted by Gasteiger charge is -2.18. The highest BCUT2D eigenvalue weighted by molar-refractivity contribution is 7.89. The van der Waals surface area contributed by atoms with E-state index in [1.165, 1.54) is 29.6 Å². The lowest BCUT2D eigenvalue weighted by Crippen LogP contribution is -2.26. The Morgan fingerprint density at radius 2 is 1.64 bits per heavy atom. The van der Waals surface area contributed by atoms with Crippen LogP contribution in [0.3, 0.4) is 0 Å². The third-order valence-electron chi connectivity index (χ3n) is 5.28. The SMILES string of the molecule is Cc1ccc(C(=O)COC(=O)c2cc(S(=O)(=O)N(C)Cc3ccccc3)ccc2Cl)cc1C. The van der Waals surface area contributed by atoms with Gasteiger partial charge >= 0.3 is 5.97 Å². The van der Waals surface area contributed by atoms with E-state index in [1.54, 1.807) is 12.1 Å². The smallest absolute Gasteiger partial charge is 0.340 e. The van der Waals surface area contributed by atoms with Gasteiger partial charge in [0.2, 0.25) is 10.0 Å². The van der Waals surface area contributed by atoms with Gasteiger partial charge in [-0.25, -0.2) is 13.2 Å². The van der Waals surface area contributed by atoms with E-state index in [2.05, 4.69) is 0 Å². The zero-order valence-corrected chi connectivity index (χ0v) is 20.1. The van der Waals surface area contributed by atoms with E-state index in [9.17, 15) is 18.0 Å². The number of ether oxygens (including phenoxy) is 1. The van der Waals surface area contributed by atoms with Crippen LogP contribution in [-0.4, -0.2) is 38.1 Å². The van der Waals surface area contributed by atoms with Crippen molar-refractivity contribution in [2.75, 3.05) is 13.7 Å². The lowest BCUT2D eigenvalue weighted by molar-refractivity contribution is 0.0474. The topological polar surface area (TPSA) is 80.8 Å². The van der Waals surface area contributed by atoms with E-state index < -0.39 is 22.6 Å². The minimum atomic E-state index is -3.89. The van der Waals surface area contributed by atoms with Crippen molar-refractivity contribution in [3.8, 4) is 0 Å². The van der Waals surface area contributed by atoms with Crippen LogP contribution in [0.2, 0.25) is 5.02 Å². The largest absolute Gasteiger partial charge is 0.454 e. The third kappa shape index (κ3) is 5.87. The molecular weight excluding hydrogens is 462 g/mol. The number of Topliss-reactive ketones (excluding diaryl/α,β-unsaturated/α-hetero) is 1. The summed E-state index contributed by atoms with van der Waals surface area (Å²) in [5.41, 5.74) is 3.12.